The molecule has 0 amide bonds. The lowest BCUT2D eigenvalue weighted by Crippen LogP contribution is -2.28. The van der Waals surface area contributed by atoms with E-state index in [-0.39, 0.29) is 31.4 Å². The third kappa shape index (κ3) is 14.8. The summed E-state index contributed by atoms with van der Waals surface area (Å²) in [6.07, 6.45) is -0.730. The lowest BCUT2D eigenvalue weighted by molar-refractivity contribution is -0.156. The van der Waals surface area contributed by atoms with Crippen LogP contribution in [0.25, 0.3) is 0 Å². The Hall–Kier alpha value is -5.52. The number of benzene rings is 4. The number of carbonyl (C=O) groups excluding carboxylic acids is 2. The number of oxime groups is 1. The van der Waals surface area contributed by atoms with Gasteiger partial charge in [0.05, 0.1) is 6.61 Å². The van der Waals surface area contributed by atoms with Crippen LogP contribution in [0, 0.1) is 13.8 Å². The summed E-state index contributed by atoms with van der Waals surface area (Å²) in [5.41, 5.74) is 6.25. The molecule has 0 aliphatic carbocycles. The van der Waals surface area contributed by atoms with Crippen molar-refractivity contribution < 1.29 is 48.0 Å². The number of ketones is 1. The van der Waals surface area contributed by atoms with Crippen LogP contribution >= 0.6 is 0 Å². The fourth-order valence-corrected chi connectivity index (χ4v) is 5.24. The average Bonchev–Trinajstić information content (AvgIpc) is 3.16. The van der Waals surface area contributed by atoms with Crippen LogP contribution in [0.3, 0.4) is 0 Å². The molecule has 288 valence electrons. The summed E-state index contributed by atoms with van der Waals surface area (Å²) < 4.78 is 27.2. The maximum atomic E-state index is 12.1. The van der Waals surface area contributed by atoms with E-state index in [0.717, 1.165) is 27.8 Å². The van der Waals surface area contributed by atoms with Gasteiger partial charge in [0, 0.05) is 37.2 Å². The van der Waals surface area contributed by atoms with Gasteiger partial charge in [0.15, 0.2) is 24.6 Å². The van der Waals surface area contributed by atoms with Gasteiger partial charge >= 0.3 is 11.9 Å². The first-order valence-electron chi connectivity index (χ1n) is 17.9. The Morgan fingerprint density at radius 2 is 1.15 bits per heavy atom. The minimum Gasteiger partial charge on any atom is -0.487 e. The standard InChI is InChI=1S/C23H29NO5.C20H22O5/c1-5-27-22(23(25)28-6-2)15-18-10-12-20(13-11-18)29-16-21(24-26-4)19-9-7-8-17(3)14-19;1-3-24-19(20(22)23)12-15-7-9-17(10-8-15)25-13-18(21)16-6-4-5-14(2)11-16/h7-14,22H,5-6,15-16H2,1-4H3;4-11,19H,3,12-13H2,1-2H3,(H,22,23). The van der Waals surface area contributed by atoms with E-state index < -0.39 is 18.2 Å². The lowest BCUT2D eigenvalue weighted by Gasteiger charge is -2.16. The SMILES string of the molecule is CCOC(=O)C(Cc1ccc(OCC(=NOC)c2cccc(C)c2)cc1)OCC.CCOC(Cc1ccc(OCC(=O)c2cccc(C)c2)cc1)C(=O)O. The zero-order valence-corrected chi connectivity index (χ0v) is 31.9. The summed E-state index contributed by atoms with van der Waals surface area (Å²) in [5.74, 6) is -0.142. The van der Waals surface area contributed by atoms with Crippen LogP contribution in [0.2, 0.25) is 0 Å². The average molecular weight is 742 g/mol. The van der Waals surface area contributed by atoms with Gasteiger partial charge in [-0.25, -0.2) is 9.59 Å². The Balaban J connectivity index is 0.000000294. The summed E-state index contributed by atoms with van der Waals surface area (Å²) in [7, 11) is 1.52. The van der Waals surface area contributed by atoms with Gasteiger partial charge in [-0.3, -0.25) is 4.79 Å². The Morgan fingerprint density at radius 1 is 0.648 bits per heavy atom. The van der Waals surface area contributed by atoms with Gasteiger partial charge < -0.3 is 33.6 Å². The zero-order valence-electron chi connectivity index (χ0n) is 31.9. The van der Waals surface area contributed by atoms with E-state index in [4.69, 9.17) is 33.6 Å². The number of carbonyl (C=O) groups is 3. The fraction of sp³-hybridized carbons (Fsp3) is 0.349. The molecule has 0 spiro atoms. The number of nitrogens with zero attached hydrogens (tertiary/aromatic N) is 1. The molecular weight excluding hydrogens is 690 g/mol. The number of esters is 1. The van der Waals surface area contributed by atoms with Gasteiger partial charge in [-0.05, 0) is 82.1 Å². The number of carboxylic acids is 1. The van der Waals surface area contributed by atoms with Crippen molar-refractivity contribution in [2.24, 2.45) is 5.16 Å². The highest BCUT2D eigenvalue weighted by Crippen LogP contribution is 2.18. The molecule has 2 unspecified atom stereocenters. The first kappa shape index (κ1) is 42.9. The van der Waals surface area contributed by atoms with Gasteiger partial charge in [0.25, 0.3) is 0 Å². The van der Waals surface area contributed by atoms with Crippen molar-refractivity contribution >= 4 is 23.4 Å². The largest absolute Gasteiger partial charge is 0.487 e. The maximum absolute atomic E-state index is 12.1. The van der Waals surface area contributed by atoms with Crippen LogP contribution < -0.4 is 9.47 Å². The molecule has 0 aliphatic rings. The van der Waals surface area contributed by atoms with Crippen LogP contribution in [0.4, 0.5) is 0 Å². The smallest absolute Gasteiger partial charge is 0.335 e. The van der Waals surface area contributed by atoms with E-state index in [0.29, 0.717) is 49.0 Å². The van der Waals surface area contributed by atoms with E-state index in [1.165, 1.54) is 7.11 Å². The quantitative estimate of drug-likeness (QED) is 0.0427. The Labute approximate surface area is 317 Å². The Kier molecular flexibility index (Phi) is 18.4. The lowest BCUT2D eigenvalue weighted by atomic mass is 10.1. The molecule has 4 aromatic rings. The summed E-state index contributed by atoms with van der Waals surface area (Å²) >= 11 is 0. The molecule has 0 saturated heterocycles. The van der Waals surface area contributed by atoms with Gasteiger partial charge in [0.2, 0.25) is 0 Å². The van der Waals surface area contributed by atoms with Crippen LogP contribution in [-0.4, -0.2) is 80.9 Å². The van der Waals surface area contributed by atoms with Crippen molar-refractivity contribution in [2.75, 3.05) is 40.1 Å². The highest BCUT2D eigenvalue weighted by Gasteiger charge is 2.21. The van der Waals surface area contributed by atoms with Gasteiger partial charge in [0.1, 0.15) is 30.9 Å². The molecule has 0 aromatic heterocycles. The molecule has 0 radical (unpaired) electrons. The van der Waals surface area contributed by atoms with E-state index in [1.54, 1.807) is 44.2 Å². The van der Waals surface area contributed by atoms with Crippen molar-refractivity contribution in [3.8, 4) is 11.5 Å². The molecule has 0 aliphatic heterocycles. The monoisotopic (exact) mass is 741 g/mol. The summed E-state index contributed by atoms with van der Waals surface area (Å²) in [6, 6.07) is 30.0. The predicted octanol–water partition coefficient (Wildman–Crippen LogP) is 7.22. The maximum Gasteiger partial charge on any atom is 0.335 e. The molecule has 0 bridgehead atoms. The predicted molar refractivity (Wildman–Crippen MR) is 207 cm³/mol. The second-order valence-corrected chi connectivity index (χ2v) is 12.1. The number of Topliss-reactive ketones (excluding diaryl/α,β-unsaturated/α-hetero) is 1. The molecule has 11 nitrogen and oxygen atoms in total. The highest BCUT2D eigenvalue weighted by atomic mass is 16.6. The van der Waals surface area contributed by atoms with Crippen molar-refractivity contribution in [3.05, 3.63) is 130 Å². The molecule has 11 heteroatoms. The van der Waals surface area contributed by atoms with Gasteiger partial charge in [-0.2, -0.15) is 0 Å². The fourth-order valence-electron chi connectivity index (χ4n) is 5.24. The molecule has 0 fully saturated rings. The zero-order chi connectivity index (χ0) is 39.3. The van der Waals surface area contributed by atoms with Crippen molar-refractivity contribution in [1.29, 1.82) is 0 Å². The first-order chi connectivity index (χ1) is 26.1. The minimum absolute atomic E-state index is 0.0422. The number of ether oxygens (including phenoxy) is 5. The number of rotatable bonds is 20. The molecule has 0 heterocycles. The molecule has 0 saturated carbocycles. The highest BCUT2D eigenvalue weighted by molar-refractivity contribution is 6.01. The second kappa shape index (κ2) is 23.2. The molecule has 1 N–H and O–H groups in total. The molecule has 54 heavy (non-hydrogen) atoms. The number of aliphatic carboxylic acids is 1. The van der Waals surface area contributed by atoms with E-state index >= 15 is 0 Å². The minimum atomic E-state index is -0.981. The van der Waals surface area contributed by atoms with Crippen molar-refractivity contribution in [3.63, 3.8) is 0 Å². The Bertz CT molecular complexity index is 1790. The molecular formula is C43H51NO10. The summed E-state index contributed by atoms with van der Waals surface area (Å²) in [5, 5.41) is 13.2. The summed E-state index contributed by atoms with van der Waals surface area (Å²) in [6.45, 7) is 10.7. The van der Waals surface area contributed by atoms with Gasteiger partial charge in [-0.15, -0.1) is 0 Å². The van der Waals surface area contributed by atoms with E-state index in [2.05, 4.69) is 5.16 Å². The van der Waals surface area contributed by atoms with E-state index in [9.17, 15) is 14.4 Å². The summed E-state index contributed by atoms with van der Waals surface area (Å²) in [4.78, 5) is 40.2. The van der Waals surface area contributed by atoms with Gasteiger partial charge in [-0.1, -0.05) is 76.9 Å². The Morgan fingerprint density at radius 3 is 1.65 bits per heavy atom. The van der Waals surface area contributed by atoms with Crippen molar-refractivity contribution in [1.82, 2.24) is 0 Å². The third-order valence-electron chi connectivity index (χ3n) is 7.89. The molecule has 4 aromatic carbocycles. The number of aryl methyl sites for hydroxylation is 2. The number of hydrogen-bond acceptors (Lipinski definition) is 10. The number of hydrogen-bond donors (Lipinski definition) is 1. The van der Waals surface area contributed by atoms with E-state index in [1.807, 2.05) is 87.5 Å². The van der Waals surface area contributed by atoms with Crippen LogP contribution in [0.15, 0.2) is 102 Å². The normalized spacial score (nSPS) is 12.1. The van der Waals surface area contributed by atoms with Crippen molar-refractivity contribution in [2.45, 2.75) is 59.7 Å². The first-order valence-corrected chi connectivity index (χ1v) is 17.9. The topological polar surface area (TPSA) is 139 Å². The van der Waals surface area contributed by atoms with Crippen LogP contribution in [0.1, 0.15) is 58.9 Å². The third-order valence-corrected chi connectivity index (χ3v) is 7.89. The van der Waals surface area contributed by atoms with Crippen LogP contribution in [-0.2, 0) is 41.5 Å². The molecule has 4 rings (SSSR count). The van der Waals surface area contributed by atoms with Crippen LogP contribution in [0.5, 0.6) is 11.5 Å². The molecule has 2 atom stereocenters. The number of carboxylic acid groups (broad SMARTS) is 1. The second-order valence-electron chi connectivity index (χ2n) is 12.1.